The molecule has 1 atom stereocenters. The van der Waals surface area contributed by atoms with Gasteiger partial charge in [-0.2, -0.15) is 0 Å². The SMILES string of the molecule is CCC(C(=O)NNC(=O)c1ccc2c(c1)OCCO2)c1ccccc1. The number of fused-ring (bicyclic) bond motifs is 1. The van der Waals surface area contributed by atoms with Gasteiger partial charge in [0.15, 0.2) is 11.5 Å². The van der Waals surface area contributed by atoms with Gasteiger partial charge < -0.3 is 9.47 Å². The smallest absolute Gasteiger partial charge is 0.269 e. The average Bonchev–Trinajstić information content (AvgIpc) is 2.67. The van der Waals surface area contributed by atoms with E-state index >= 15 is 0 Å². The van der Waals surface area contributed by atoms with E-state index in [2.05, 4.69) is 10.9 Å². The lowest BCUT2D eigenvalue weighted by atomic mass is 9.96. The molecule has 0 spiro atoms. The van der Waals surface area contributed by atoms with Crippen LogP contribution in [-0.2, 0) is 4.79 Å². The van der Waals surface area contributed by atoms with Crippen molar-refractivity contribution in [2.75, 3.05) is 13.2 Å². The van der Waals surface area contributed by atoms with Gasteiger partial charge in [0.05, 0.1) is 5.92 Å². The Balaban J connectivity index is 1.62. The van der Waals surface area contributed by atoms with Crippen molar-refractivity contribution in [2.45, 2.75) is 19.3 Å². The molecule has 1 aliphatic heterocycles. The zero-order valence-electron chi connectivity index (χ0n) is 14.0. The third-order valence-corrected chi connectivity index (χ3v) is 4.03. The fourth-order valence-electron chi connectivity index (χ4n) is 2.72. The highest BCUT2D eigenvalue weighted by Gasteiger charge is 2.20. The molecule has 2 aromatic rings. The molecule has 0 fully saturated rings. The maximum atomic E-state index is 12.4. The second-order valence-electron chi connectivity index (χ2n) is 5.67. The Hall–Kier alpha value is -3.02. The summed E-state index contributed by atoms with van der Waals surface area (Å²) in [5.41, 5.74) is 6.25. The van der Waals surface area contributed by atoms with Crippen molar-refractivity contribution in [3.8, 4) is 11.5 Å². The molecule has 2 aromatic carbocycles. The van der Waals surface area contributed by atoms with Gasteiger partial charge in [0.25, 0.3) is 5.91 Å². The van der Waals surface area contributed by atoms with Gasteiger partial charge in [-0.25, -0.2) is 0 Å². The van der Waals surface area contributed by atoms with Crippen molar-refractivity contribution in [3.63, 3.8) is 0 Å². The van der Waals surface area contributed by atoms with Gasteiger partial charge in [-0.3, -0.25) is 20.4 Å². The second kappa shape index (κ2) is 7.70. The first kappa shape index (κ1) is 16.8. The number of hydrogen-bond donors (Lipinski definition) is 2. The van der Waals surface area contributed by atoms with Crippen LogP contribution in [-0.4, -0.2) is 25.0 Å². The normalized spacial score (nSPS) is 13.6. The highest BCUT2D eigenvalue weighted by molar-refractivity contribution is 5.96. The zero-order valence-corrected chi connectivity index (χ0v) is 14.0. The molecule has 1 aliphatic rings. The van der Waals surface area contributed by atoms with Crippen molar-refractivity contribution >= 4 is 11.8 Å². The molecule has 2 N–H and O–H groups in total. The molecule has 6 heteroatoms. The Bertz CT molecular complexity index is 761. The number of hydrazine groups is 1. The fraction of sp³-hybridized carbons (Fsp3) is 0.263. The van der Waals surface area contributed by atoms with Crippen molar-refractivity contribution in [3.05, 3.63) is 59.7 Å². The lowest BCUT2D eigenvalue weighted by molar-refractivity contribution is -0.123. The predicted molar refractivity (Wildman–Crippen MR) is 92.5 cm³/mol. The Kier molecular flexibility index (Phi) is 5.18. The van der Waals surface area contributed by atoms with Crippen LogP contribution in [0.4, 0.5) is 0 Å². The molecule has 0 saturated carbocycles. The first-order chi connectivity index (χ1) is 12.2. The number of carbonyl (C=O) groups excluding carboxylic acids is 2. The van der Waals surface area contributed by atoms with Gasteiger partial charge in [0.2, 0.25) is 5.91 Å². The van der Waals surface area contributed by atoms with Crippen LogP contribution in [0.15, 0.2) is 48.5 Å². The lowest BCUT2D eigenvalue weighted by Gasteiger charge is -2.19. The molecule has 0 aromatic heterocycles. The van der Waals surface area contributed by atoms with E-state index in [1.54, 1.807) is 18.2 Å². The third-order valence-electron chi connectivity index (χ3n) is 4.03. The number of amides is 2. The standard InChI is InChI=1S/C19H20N2O4/c1-2-15(13-6-4-3-5-7-13)19(23)21-20-18(22)14-8-9-16-17(12-14)25-11-10-24-16/h3-9,12,15H,2,10-11H2,1H3,(H,20,22)(H,21,23). The first-order valence-corrected chi connectivity index (χ1v) is 8.24. The van der Waals surface area contributed by atoms with Crippen LogP contribution in [0.25, 0.3) is 0 Å². The van der Waals surface area contributed by atoms with Gasteiger partial charge in [-0.05, 0) is 30.2 Å². The van der Waals surface area contributed by atoms with Crippen LogP contribution in [0.3, 0.4) is 0 Å². The highest BCUT2D eigenvalue weighted by Crippen LogP contribution is 2.30. The summed E-state index contributed by atoms with van der Waals surface area (Å²) < 4.78 is 10.9. The number of ether oxygens (including phenoxy) is 2. The lowest BCUT2D eigenvalue weighted by Crippen LogP contribution is -2.43. The Morgan fingerprint density at radius 3 is 2.44 bits per heavy atom. The van der Waals surface area contributed by atoms with Crippen molar-refractivity contribution in [1.29, 1.82) is 0 Å². The summed E-state index contributed by atoms with van der Waals surface area (Å²) in [6.07, 6.45) is 0.635. The minimum absolute atomic E-state index is 0.250. The molecule has 2 amide bonds. The molecule has 0 bridgehead atoms. The number of hydrogen-bond acceptors (Lipinski definition) is 4. The Morgan fingerprint density at radius 1 is 1.00 bits per heavy atom. The largest absolute Gasteiger partial charge is 0.486 e. The Labute approximate surface area is 146 Å². The first-order valence-electron chi connectivity index (χ1n) is 8.24. The number of benzene rings is 2. The molecule has 1 unspecified atom stereocenters. The van der Waals surface area contributed by atoms with Crippen LogP contribution in [0, 0.1) is 0 Å². The number of rotatable bonds is 4. The van der Waals surface area contributed by atoms with E-state index < -0.39 is 5.91 Å². The van der Waals surface area contributed by atoms with E-state index in [9.17, 15) is 9.59 Å². The van der Waals surface area contributed by atoms with Crippen molar-refractivity contribution < 1.29 is 19.1 Å². The van der Waals surface area contributed by atoms with Crippen LogP contribution in [0.2, 0.25) is 0 Å². The Morgan fingerprint density at radius 2 is 1.72 bits per heavy atom. The molecule has 6 nitrogen and oxygen atoms in total. The topological polar surface area (TPSA) is 76.7 Å². The van der Waals surface area contributed by atoms with E-state index in [0.717, 1.165) is 5.56 Å². The van der Waals surface area contributed by atoms with Gasteiger partial charge >= 0.3 is 0 Å². The molecule has 0 aliphatic carbocycles. The molecule has 1 heterocycles. The molecule has 130 valence electrons. The maximum absolute atomic E-state index is 12.4. The second-order valence-corrected chi connectivity index (χ2v) is 5.67. The zero-order chi connectivity index (χ0) is 17.6. The van der Waals surface area contributed by atoms with E-state index in [-0.39, 0.29) is 11.8 Å². The van der Waals surface area contributed by atoms with Gasteiger partial charge in [-0.15, -0.1) is 0 Å². The van der Waals surface area contributed by atoms with E-state index in [1.807, 2.05) is 37.3 Å². The molecule has 0 radical (unpaired) electrons. The van der Waals surface area contributed by atoms with E-state index in [4.69, 9.17) is 9.47 Å². The monoisotopic (exact) mass is 340 g/mol. The van der Waals surface area contributed by atoms with Gasteiger partial charge in [-0.1, -0.05) is 37.3 Å². The average molecular weight is 340 g/mol. The van der Waals surface area contributed by atoms with Crippen molar-refractivity contribution in [2.24, 2.45) is 0 Å². The number of nitrogens with one attached hydrogen (secondary N) is 2. The van der Waals surface area contributed by atoms with E-state index in [0.29, 0.717) is 36.7 Å². The van der Waals surface area contributed by atoms with E-state index in [1.165, 1.54) is 0 Å². The fourth-order valence-corrected chi connectivity index (χ4v) is 2.72. The summed E-state index contributed by atoms with van der Waals surface area (Å²) in [5, 5.41) is 0. The maximum Gasteiger partial charge on any atom is 0.269 e. The quantitative estimate of drug-likeness (QED) is 0.838. The number of carbonyl (C=O) groups is 2. The van der Waals surface area contributed by atoms with Crippen LogP contribution < -0.4 is 20.3 Å². The summed E-state index contributed by atoms with van der Waals surface area (Å²) >= 11 is 0. The summed E-state index contributed by atoms with van der Waals surface area (Å²) in [7, 11) is 0. The summed E-state index contributed by atoms with van der Waals surface area (Å²) in [5.74, 6) is 0.164. The van der Waals surface area contributed by atoms with Crippen LogP contribution in [0.5, 0.6) is 11.5 Å². The third kappa shape index (κ3) is 3.91. The summed E-state index contributed by atoms with van der Waals surface area (Å²) in [6, 6.07) is 14.4. The van der Waals surface area contributed by atoms with Gasteiger partial charge in [0.1, 0.15) is 13.2 Å². The molecular formula is C19H20N2O4. The minimum atomic E-state index is -0.409. The van der Waals surface area contributed by atoms with Crippen LogP contribution >= 0.6 is 0 Å². The highest BCUT2D eigenvalue weighted by atomic mass is 16.6. The predicted octanol–water partition coefficient (Wildman–Crippen LogP) is 2.41. The molecule has 0 saturated heterocycles. The molecule has 3 rings (SSSR count). The van der Waals surface area contributed by atoms with Gasteiger partial charge in [0, 0.05) is 5.56 Å². The minimum Gasteiger partial charge on any atom is -0.486 e. The summed E-state index contributed by atoms with van der Waals surface area (Å²) in [4.78, 5) is 24.6. The van der Waals surface area contributed by atoms with Crippen LogP contribution in [0.1, 0.15) is 35.2 Å². The van der Waals surface area contributed by atoms with Crippen molar-refractivity contribution in [1.82, 2.24) is 10.9 Å². The summed E-state index contributed by atoms with van der Waals surface area (Å²) in [6.45, 7) is 2.87. The molecule has 25 heavy (non-hydrogen) atoms. The molecular weight excluding hydrogens is 320 g/mol.